The lowest BCUT2D eigenvalue weighted by atomic mass is 10.3. The van der Waals surface area contributed by atoms with Gasteiger partial charge in [0.25, 0.3) is 5.91 Å². The van der Waals surface area contributed by atoms with Crippen LogP contribution in [0.3, 0.4) is 0 Å². The lowest BCUT2D eigenvalue weighted by molar-refractivity contribution is -0.142. The van der Waals surface area contributed by atoms with Gasteiger partial charge in [-0.25, -0.2) is 4.98 Å². The molecule has 1 amide bonds. The first-order valence-electron chi connectivity index (χ1n) is 5.85. The molecule has 2 heterocycles. The molecule has 0 radical (unpaired) electrons. The van der Waals surface area contributed by atoms with E-state index in [-0.39, 0.29) is 18.0 Å². The first-order valence-corrected chi connectivity index (χ1v) is 6.64. The highest BCUT2D eigenvalue weighted by molar-refractivity contribution is 9.10. The number of pyridine rings is 1. The van der Waals surface area contributed by atoms with Crippen LogP contribution in [0.25, 0.3) is 0 Å². The Kier molecular flexibility index (Phi) is 4.66. The summed E-state index contributed by atoms with van der Waals surface area (Å²) < 4.78 is 43.5. The van der Waals surface area contributed by atoms with Gasteiger partial charge in [-0.2, -0.15) is 13.2 Å². The van der Waals surface area contributed by atoms with Crippen LogP contribution in [0.4, 0.5) is 13.2 Å². The molecule has 2 aromatic heterocycles. The Balaban J connectivity index is 2.21. The van der Waals surface area contributed by atoms with E-state index < -0.39 is 18.6 Å². The van der Waals surface area contributed by atoms with Crippen molar-refractivity contribution in [3.63, 3.8) is 0 Å². The second kappa shape index (κ2) is 6.30. The third-order valence-electron chi connectivity index (χ3n) is 2.53. The van der Waals surface area contributed by atoms with Crippen molar-refractivity contribution in [3.05, 3.63) is 52.7 Å². The molecule has 0 aliphatic rings. The molecule has 0 aliphatic heterocycles. The van der Waals surface area contributed by atoms with Crippen LogP contribution in [0, 0.1) is 0 Å². The van der Waals surface area contributed by atoms with Gasteiger partial charge in [0, 0.05) is 10.7 Å². The number of halogens is 4. The number of aromatic nitrogens is 1. The minimum atomic E-state index is -4.50. The number of amides is 1. The molecule has 2 rings (SSSR count). The fourth-order valence-corrected chi connectivity index (χ4v) is 1.91. The standard InChI is InChI=1S/C13H10BrF3N2O2/c14-9-3-4-11(18-6-9)12(20)19(8-13(15,16)17)7-10-2-1-5-21-10/h1-6H,7-8H2. The predicted octanol–water partition coefficient (Wildman–Crippen LogP) is 3.64. The van der Waals surface area contributed by atoms with Crippen LogP contribution in [0.2, 0.25) is 0 Å². The van der Waals surface area contributed by atoms with Crippen molar-refractivity contribution < 1.29 is 22.4 Å². The summed E-state index contributed by atoms with van der Waals surface area (Å²) in [6.07, 6.45) is -1.81. The van der Waals surface area contributed by atoms with Gasteiger partial charge in [-0.1, -0.05) is 0 Å². The number of rotatable bonds is 4. The molecule has 0 atom stereocenters. The molecule has 2 aromatic rings. The molecule has 0 saturated carbocycles. The number of alkyl halides is 3. The molecule has 0 aliphatic carbocycles. The minimum Gasteiger partial charge on any atom is -0.467 e. The number of nitrogens with zero attached hydrogens (tertiary/aromatic N) is 2. The fourth-order valence-electron chi connectivity index (χ4n) is 1.67. The first-order chi connectivity index (χ1) is 9.85. The summed E-state index contributed by atoms with van der Waals surface area (Å²) >= 11 is 3.15. The SMILES string of the molecule is O=C(c1ccc(Br)cn1)N(Cc1ccco1)CC(F)(F)F. The monoisotopic (exact) mass is 362 g/mol. The van der Waals surface area contributed by atoms with Crippen LogP contribution in [-0.2, 0) is 6.54 Å². The largest absolute Gasteiger partial charge is 0.467 e. The van der Waals surface area contributed by atoms with Crippen LogP contribution in [0.1, 0.15) is 16.2 Å². The van der Waals surface area contributed by atoms with E-state index in [0.717, 1.165) is 0 Å². The highest BCUT2D eigenvalue weighted by atomic mass is 79.9. The van der Waals surface area contributed by atoms with Crippen LogP contribution in [0.15, 0.2) is 45.6 Å². The van der Waals surface area contributed by atoms with E-state index in [1.807, 2.05) is 0 Å². The van der Waals surface area contributed by atoms with E-state index in [0.29, 0.717) is 9.37 Å². The third kappa shape index (κ3) is 4.59. The molecule has 8 heteroatoms. The van der Waals surface area contributed by atoms with Crippen molar-refractivity contribution in [2.75, 3.05) is 6.54 Å². The number of carbonyl (C=O) groups is 1. The van der Waals surface area contributed by atoms with Crippen molar-refractivity contribution in [1.82, 2.24) is 9.88 Å². The van der Waals surface area contributed by atoms with Crippen LogP contribution in [0.5, 0.6) is 0 Å². The summed E-state index contributed by atoms with van der Waals surface area (Å²) in [5.74, 6) is -0.541. The van der Waals surface area contributed by atoms with Crippen molar-refractivity contribution in [2.45, 2.75) is 12.7 Å². The zero-order chi connectivity index (χ0) is 15.5. The zero-order valence-corrected chi connectivity index (χ0v) is 12.2. The van der Waals surface area contributed by atoms with E-state index in [4.69, 9.17) is 4.42 Å². The normalized spacial score (nSPS) is 11.4. The van der Waals surface area contributed by atoms with Gasteiger partial charge in [-0.05, 0) is 40.2 Å². The molecular formula is C13H10BrF3N2O2. The van der Waals surface area contributed by atoms with Crippen LogP contribution < -0.4 is 0 Å². The molecular weight excluding hydrogens is 353 g/mol. The molecule has 0 bridgehead atoms. The smallest absolute Gasteiger partial charge is 0.406 e. The lowest BCUT2D eigenvalue weighted by Gasteiger charge is -2.22. The number of carbonyl (C=O) groups excluding carboxylic acids is 1. The number of hydrogen-bond acceptors (Lipinski definition) is 3. The predicted molar refractivity (Wildman–Crippen MR) is 71.4 cm³/mol. The minimum absolute atomic E-state index is 0.0611. The number of hydrogen-bond donors (Lipinski definition) is 0. The van der Waals surface area contributed by atoms with Gasteiger partial charge in [-0.3, -0.25) is 4.79 Å². The Labute approximate surface area is 126 Å². The van der Waals surface area contributed by atoms with Gasteiger partial charge >= 0.3 is 6.18 Å². The highest BCUT2D eigenvalue weighted by Gasteiger charge is 2.34. The molecule has 0 N–H and O–H groups in total. The third-order valence-corrected chi connectivity index (χ3v) is 3.00. The Morgan fingerprint density at radius 3 is 2.62 bits per heavy atom. The van der Waals surface area contributed by atoms with Crippen LogP contribution in [-0.4, -0.2) is 28.5 Å². The van der Waals surface area contributed by atoms with Gasteiger partial charge < -0.3 is 9.32 Å². The van der Waals surface area contributed by atoms with Crippen molar-refractivity contribution >= 4 is 21.8 Å². The van der Waals surface area contributed by atoms with Crippen molar-refractivity contribution in [2.24, 2.45) is 0 Å². The summed E-state index contributed by atoms with van der Waals surface area (Å²) in [5.41, 5.74) is -0.0611. The molecule has 0 saturated heterocycles. The maximum Gasteiger partial charge on any atom is 0.406 e. The van der Waals surface area contributed by atoms with Crippen molar-refractivity contribution in [3.8, 4) is 0 Å². The Hall–Kier alpha value is -1.83. The van der Waals surface area contributed by atoms with Gasteiger partial charge in [0.05, 0.1) is 12.8 Å². The zero-order valence-electron chi connectivity index (χ0n) is 10.6. The summed E-state index contributed by atoms with van der Waals surface area (Å²) in [6.45, 7) is -1.65. The summed E-state index contributed by atoms with van der Waals surface area (Å²) in [5, 5.41) is 0. The topological polar surface area (TPSA) is 46.3 Å². The van der Waals surface area contributed by atoms with Gasteiger partial charge in [-0.15, -0.1) is 0 Å². The quantitative estimate of drug-likeness (QED) is 0.833. The van der Waals surface area contributed by atoms with E-state index in [9.17, 15) is 18.0 Å². The molecule has 0 aromatic carbocycles. The second-order valence-corrected chi connectivity index (χ2v) is 5.13. The van der Waals surface area contributed by atoms with E-state index in [2.05, 4.69) is 20.9 Å². The van der Waals surface area contributed by atoms with E-state index in [1.54, 1.807) is 12.1 Å². The molecule has 4 nitrogen and oxygen atoms in total. The highest BCUT2D eigenvalue weighted by Crippen LogP contribution is 2.20. The summed E-state index contributed by atoms with van der Waals surface area (Å²) in [6, 6.07) is 5.95. The second-order valence-electron chi connectivity index (χ2n) is 4.22. The lowest BCUT2D eigenvalue weighted by Crippen LogP contribution is -2.38. The van der Waals surface area contributed by atoms with Gasteiger partial charge in [0.1, 0.15) is 18.0 Å². The maximum absolute atomic E-state index is 12.6. The average molecular weight is 363 g/mol. The van der Waals surface area contributed by atoms with E-state index in [1.165, 1.54) is 24.6 Å². The first kappa shape index (κ1) is 15.6. The number of furan rings is 1. The maximum atomic E-state index is 12.6. The molecule has 0 fully saturated rings. The Morgan fingerprint density at radius 2 is 2.10 bits per heavy atom. The fraction of sp³-hybridized carbons (Fsp3) is 0.231. The summed E-state index contributed by atoms with van der Waals surface area (Å²) in [4.78, 5) is 16.6. The average Bonchev–Trinajstić information content (AvgIpc) is 2.89. The van der Waals surface area contributed by atoms with Gasteiger partial charge in [0.15, 0.2) is 0 Å². The Bertz CT molecular complexity index is 597. The van der Waals surface area contributed by atoms with Crippen LogP contribution >= 0.6 is 15.9 Å². The van der Waals surface area contributed by atoms with E-state index >= 15 is 0 Å². The summed E-state index contributed by atoms with van der Waals surface area (Å²) in [7, 11) is 0. The molecule has 0 unspecified atom stereocenters. The molecule has 0 spiro atoms. The molecule has 21 heavy (non-hydrogen) atoms. The molecule has 112 valence electrons. The Morgan fingerprint density at radius 1 is 1.33 bits per heavy atom. The van der Waals surface area contributed by atoms with Crippen molar-refractivity contribution in [1.29, 1.82) is 0 Å². The van der Waals surface area contributed by atoms with Gasteiger partial charge in [0.2, 0.25) is 0 Å².